The standard InChI is InChI=1S/C12H21ClN4O2S/c1-8(2)9-10(13)15-7-16-11(9)14-6-12(3,4)17-20(5,18)19/h7-8,17H,6H2,1-5H3,(H,14,15,16). The Kier molecular flexibility index (Phi) is 5.34. The number of sulfonamides is 1. The molecule has 0 fully saturated rings. The van der Waals surface area contributed by atoms with Gasteiger partial charge in [0.25, 0.3) is 0 Å². The van der Waals surface area contributed by atoms with Gasteiger partial charge in [0.2, 0.25) is 10.0 Å². The molecule has 0 saturated heterocycles. The van der Waals surface area contributed by atoms with Crippen molar-refractivity contribution < 1.29 is 8.42 Å². The molecule has 1 aromatic heterocycles. The van der Waals surface area contributed by atoms with Crippen LogP contribution in [-0.4, -0.2) is 36.7 Å². The summed E-state index contributed by atoms with van der Waals surface area (Å²) < 4.78 is 25.2. The Morgan fingerprint density at radius 3 is 2.45 bits per heavy atom. The smallest absolute Gasteiger partial charge is 0.209 e. The molecule has 0 aliphatic carbocycles. The summed E-state index contributed by atoms with van der Waals surface area (Å²) in [6.45, 7) is 7.95. The average Bonchev–Trinajstić information content (AvgIpc) is 2.22. The third-order valence-electron chi connectivity index (χ3n) is 2.57. The number of hydrogen-bond donors (Lipinski definition) is 2. The van der Waals surface area contributed by atoms with Gasteiger partial charge in [-0.15, -0.1) is 0 Å². The van der Waals surface area contributed by atoms with Crippen LogP contribution < -0.4 is 10.0 Å². The molecule has 0 aliphatic heterocycles. The van der Waals surface area contributed by atoms with Crippen LogP contribution in [0.4, 0.5) is 5.82 Å². The fourth-order valence-electron chi connectivity index (χ4n) is 1.87. The normalized spacial score (nSPS) is 12.8. The van der Waals surface area contributed by atoms with Crippen molar-refractivity contribution in [3.05, 3.63) is 17.0 Å². The van der Waals surface area contributed by atoms with Crippen molar-refractivity contribution in [3.8, 4) is 0 Å². The summed E-state index contributed by atoms with van der Waals surface area (Å²) in [4.78, 5) is 8.14. The van der Waals surface area contributed by atoms with E-state index in [0.29, 0.717) is 17.5 Å². The van der Waals surface area contributed by atoms with Crippen LogP contribution in [0.25, 0.3) is 0 Å². The molecule has 0 bridgehead atoms. The van der Waals surface area contributed by atoms with E-state index in [9.17, 15) is 8.42 Å². The van der Waals surface area contributed by atoms with Crippen LogP contribution in [0, 0.1) is 0 Å². The van der Waals surface area contributed by atoms with Gasteiger partial charge in [0.15, 0.2) is 0 Å². The van der Waals surface area contributed by atoms with Gasteiger partial charge in [0.05, 0.1) is 6.26 Å². The molecule has 0 aromatic carbocycles. The second-order valence-corrected chi connectivity index (χ2v) is 7.80. The maximum Gasteiger partial charge on any atom is 0.209 e. The summed E-state index contributed by atoms with van der Waals surface area (Å²) in [5.41, 5.74) is 0.184. The lowest BCUT2D eigenvalue weighted by atomic mass is 10.0. The second-order valence-electron chi connectivity index (χ2n) is 5.69. The van der Waals surface area contributed by atoms with Crippen molar-refractivity contribution in [1.82, 2.24) is 14.7 Å². The van der Waals surface area contributed by atoms with Crippen molar-refractivity contribution in [3.63, 3.8) is 0 Å². The number of anilines is 1. The molecule has 6 nitrogen and oxygen atoms in total. The number of nitrogens with one attached hydrogen (secondary N) is 2. The zero-order chi connectivity index (χ0) is 15.6. The molecule has 1 aromatic rings. The molecule has 0 radical (unpaired) electrons. The molecular formula is C12H21ClN4O2S. The fourth-order valence-corrected chi connectivity index (χ4v) is 3.30. The van der Waals surface area contributed by atoms with Gasteiger partial charge in [-0.25, -0.2) is 23.1 Å². The Morgan fingerprint density at radius 1 is 1.35 bits per heavy atom. The zero-order valence-corrected chi connectivity index (χ0v) is 13.9. The Morgan fingerprint density at radius 2 is 1.95 bits per heavy atom. The first kappa shape index (κ1) is 17.1. The van der Waals surface area contributed by atoms with Crippen molar-refractivity contribution in [2.45, 2.75) is 39.2 Å². The van der Waals surface area contributed by atoms with Crippen LogP contribution in [-0.2, 0) is 10.0 Å². The highest BCUT2D eigenvalue weighted by atomic mass is 35.5. The maximum atomic E-state index is 11.3. The van der Waals surface area contributed by atoms with Gasteiger partial charge >= 0.3 is 0 Å². The molecule has 8 heteroatoms. The van der Waals surface area contributed by atoms with Crippen LogP contribution in [0.15, 0.2) is 6.33 Å². The maximum absolute atomic E-state index is 11.3. The molecule has 2 N–H and O–H groups in total. The Hall–Kier alpha value is -0.920. The molecule has 0 atom stereocenters. The Balaban J connectivity index is 2.88. The molecule has 0 amide bonds. The summed E-state index contributed by atoms with van der Waals surface area (Å²) in [5.74, 6) is 0.792. The number of nitrogens with zero attached hydrogens (tertiary/aromatic N) is 2. The predicted molar refractivity (Wildman–Crippen MR) is 81.7 cm³/mol. The SMILES string of the molecule is CC(C)c1c(Cl)ncnc1NCC(C)(C)NS(C)(=O)=O. The van der Waals surface area contributed by atoms with E-state index in [-0.39, 0.29) is 5.92 Å². The van der Waals surface area contributed by atoms with E-state index in [1.807, 2.05) is 13.8 Å². The molecular weight excluding hydrogens is 300 g/mol. The lowest BCUT2D eigenvalue weighted by Gasteiger charge is -2.26. The van der Waals surface area contributed by atoms with Gasteiger partial charge in [-0.05, 0) is 19.8 Å². The van der Waals surface area contributed by atoms with Crippen molar-refractivity contribution >= 4 is 27.4 Å². The topological polar surface area (TPSA) is 84.0 Å². The third-order valence-corrected chi connectivity index (χ3v) is 3.80. The summed E-state index contributed by atoms with van der Waals surface area (Å²) in [6.07, 6.45) is 2.52. The lowest BCUT2D eigenvalue weighted by Crippen LogP contribution is -2.48. The van der Waals surface area contributed by atoms with Crippen LogP contribution in [0.1, 0.15) is 39.2 Å². The average molecular weight is 321 g/mol. The van der Waals surface area contributed by atoms with Crippen molar-refractivity contribution in [2.24, 2.45) is 0 Å². The molecule has 114 valence electrons. The summed E-state index contributed by atoms with van der Waals surface area (Å²) in [6, 6.07) is 0. The summed E-state index contributed by atoms with van der Waals surface area (Å²) in [5, 5.41) is 3.54. The lowest BCUT2D eigenvalue weighted by molar-refractivity contribution is 0.475. The zero-order valence-electron chi connectivity index (χ0n) is 12.4. The highest BCUT2D eigenvalue weighted by Crippen LogP contribution is 2.28. The van der Waals surface area contributed by atoms with Crippen LogP contribution in [0.3, 0.4) is 0 Å². The number of rotatable bonds is 6. The largest absolute Gasteiger partial charge is 0.368 e. The van der Waals surface area contributed by atoms with Gasteiger partial charge in [-0.1, -0.05) is 25.4 Å². The van der Waals surface area contributed by atoms with Crippen LogP contribution in [0.5, 0.6) is 0 Å². The molecule has 0 saturated carbocycles. The quantitative estimate of drug-likeness (QED) is 0.783. The van der Waals surface area contributed by atoms with Crippen LogP contribution >= 0.6 is 11.6 Å². The van der Waals surface area contributed by atoms with Crippen molar-refractivity contribution in [2.75, 3.05) is 18.1 Å². The Labute approximate surface area is 125 Å². The summed E-state index contributed by atoms with van der Waals surface area (Å²) >= 11 is 6.08. The van der Waals surface area contributed by atoms with Crippen molar-refractivity contribution in [1.29, 1.82) is 0 Å². The van der Waals surface area contributed by atoms with E-state index < -0.39 is 15.6 Å². The van der Waals surface area contributed by atoms with E-state index in [1.54, 1.807) is 13.8 Å². The first-order valence-electron chi connectivity index (χ1n) is 6.25. The highest BCUT2D eigenvalue weighted by Gasteiger charge is 2.23. The van der Waals surface area contributed by atoms with Crippen LogP contribution in [0.2, 0.25) is 5.15 Å². The molecule has 20 heavy (non-hydrogen) atoms. The molecule has 0 unspecified atom stereocenters. The van der Waals surface area contributed by atoms with Gasteiger partial charge in [0.1, 0.15) is 17.3 Å². The van der Waals surface area contributed by atoms with Gasteiger partial charge in [-0.2, -0.15) is 0 Å². The number of halogens is 1. The molecule has 1 heterocycles. The molecule has 1 rings (SSSR count). The van der Waals surface area contributed by atoms with Gasteiger partial charge < -0.3 is 5.32 Å². The van der Waals surface area contributed by atoms with E-state index in [0.717, 1.165) is 11.8 Å². The van der Waals surface area contributed by atoms with E-state index in [1.165, 1.54) is 6.33 Å². The number of hydrogen-bond acceptors (Lipinski definition) is 5. The van der Waals surface area contributed by atoms with Gasteiger partial charge in [0, 0.05) is 17.6 Å². The van der Waals surface area contributed by atoms with E-state index >= 15 is 0 Å². The van der Waals surface area contributed by atoms with E-state index in [2.05, 4.69) is 20.0 Å². The summed E-state index contributed by atoms with van der Waals surface area (Å²) in [7, 11) is -3.27. The van der Waals surface area contributed by atoms with E-state index in [4.69, 9.17) is 11.6 Å². The second kappa shape index (κ2) is 6.24. The molecule has 0 aliphatic rings. The monoisotopic (exact) mass is 320 g/mol. The minimum Gasteiger partial charge on any atom is -0.368 e. The fraction of sp³-hybridized carbons (Fsp3) is 0.667. The minimum atomic E-state index is -3.27. The third kappa shape index (κ3) is 5.22. The molecule has 0 spiro atoms. The first-order valence-corrected chi connectivity index (χ1v) is 8.52. The highest BCUT2D eigenvalue weighted by molar-refractivity contribution is 7.88. The predicted octanol–water partition coefficient (Wildman–Crippen LogP) is 1.99. The minimum absolute atomic E-state index is 0.164. The van der Waals surface area contributed by atoms with Gasteiger partial charge in [-0.3, -0.25) is 0 Å². The first-order chi connectivity index (χ1) is 9.02. The Bertz CT molecular complexity index is 573. The number of aromatic nitrogens is 2.